The summed E-state index contributed by atoms with van der Waals surface area (Å²) in [6.07, 6.45) is 2.77. The quantitative estimate of drug-likeness (QED) is 0.587. The number of nitro groups is 1. The molecule has 108 valence electrons. The van der Waals surface area contributed by atoms with Crippen LogP contribution in [0, 0.1) is 17.0 Å². The van der Waals surface area contributed by atoms with Crippen LogP contribution in [0.1, 0.15) is 18.7 Å². The Kier molecular flexibility index (Phi) is 3.68. The number of rotatable bonds is 6. The molecule has 2 rings (SSSR count). The van der Waals surface area contributed by atoms with E-state index in [4.69, 9.17) is 5.11 Å². The molecule has 1 saturated carbocycles. The standard InChI is InChI=1S/C11H14N4O5/c1-7-12-9(15(19)20)4-13(7)5-10(16)14(6-11(17)18)8-2-3-8/h4,8H,2-3,5-6H2,1H3,(H,17,18). The third kappa shape index (κ3) is 3.11. The number of hydrogen-bond donors (Lipinski definition) is 1. The third-order valence-electron chi connectivity index (χ3n) is 3.07. The molecule has 1 fully saturated rings. The van der Waals surface area contributed by atoms with E-state index in [-0.39, 0.29) is 30.9 Å². The van der Waals surface area contributed by atoms with Crippen LogP contribution >= 0.6 is 0 Å². The van der Waals surface area contributed by atoms with Gasteiger partial charge < -0.3 is 20.1 Å². The molecule has 0 unspecified atom stereocenters. The Labute approximate surface area is 114 Å². The maximum absolute atomic E-state index is 12.1. The summed E-state index contributed by atoms with van der Waals surface area (Å²) in [6, 6.07) is -0.0302. The van der Waals surface area contributed by atoms with Gasteiger partial charge in [0.25, 0.3) is 0 Å². The topological polar surface area (TPSA) is 119 Å². The van der Waals surface area contributed by atoms with Crippen LogP contribution in [-0.4, -0.2) is 48.9 Å². The van der Waals surface area contributed by atoms with Gasteiger partial charge in [-0.15, -0.1) is 0 Å². The fourth-order valence-corrected chi connectivity index (χ4v) is 1.93. The Morgan fingerprint density at radius 2 is 2.25 bits per heavy atom. The average Bonchev–Trinajstić information content (AvgIpc) is 3.11. The van der Waals surface area contributed by atoms with Crippen molar-refractivity contribution in [3.05, 3.63) is 22.1 Å². The highest BCUT2D eigenvalue weighted by molar-refractivity contribution is 5.81. The summed E-state index contributed by atoms with van der Waals surface area (Å²) >= 11 is 0. The number of carbonyl (C=O) groups is 2. The zero-order valence-corrected chi connectivity index (χ0v) is 10.9. The molecule has 9 heteroatoms. The monoisotopic (exact) mass is 282 g/mol. The summed E-state index contributed by atoms with van der Waals surface area (Å²) in [5.74, 6) is -1.42. The largest absolute Gasteiger partial charge is 0.480 e. The first-order chi connectivity index (χ1) is 9.38. The van der Waals surface area contributed by atoms with Gasteiger partial charge in [0.2, 0.25) is 11.7 Å². The number of nitrogens with zero attached hydrogens (tertiary/aromatic N) is 4. The van der Waals surface area contributed by atoms with Crippen LogP contribution < -0.4 is 0 Å². The molecule has 1 aromatic rings. The molecule has 1 N–H and O–H groups in total. The lowest BCUT2D eigenvalue weighted by Gasteiger charge is -2.20. The van der Waals surface area contributed by atoms with Crippen molar-refractivity contribution in [3.63, 3.8) is 0 Å². The van der Waals surface area contributed by atoms with Crippen LogP contribution in [0.2, 0.25) is 0 Å². The summed E-state index contributed by atoms with van der Waals surface area (Å²) in [5.41, 5.74) is 0. The SMILES string of the molecule is Cc1nc([N+](=O)[O-])cn1CC(=O)N(CC(=O)O)C1CC1. The Bertz CT molecular complexity index is 563. The van der Waals surface area contributed by atoms with Gasteiger partial charge in [0.15, 0.2) is 0 Å². The first-order valence-electron chi connectivity index (χ1n) is 6.08. The molecule has 0 atom stereocenters. The van der Waals surface area contributed by atoms with E-state index < -0.39 is 10.9 Å². The molecule has 1 aromatic heterocycles. The third-order valence-corrected chi connectivity index (χ3v) is 3.07. The van der Waals surface area contributed by atoms with Crippen molar-refractivity contribution in [2.75, 3.05) is 6.54 Å². The molecule has 1 amide bonds. The van der Waals surface area contributed by atoms with E-state index in [0.717, 1.165) is 12.8 Å². The molecule has 0 spiro atoms. The molecule has 0 radical (unpaired) electrons. The van der Waals surface area contributed by atoms with Crippen LogP contribution in [0.3, 0.4) is 0 Å². The molecule has 1 aliphatic carbocycles. The highest BCUT2D eigenvalue weighted by Crippen LogP contribution is 2.27. The van der Waals surface area contributed by atoms with Crippen molar-refractivity contribution in [2.24, 2.45) is 0 Å². The van der Waals surface area contributed by atoms with E-state index in [2.05, 4.69) is 4.98 Å². The second-order valence-electron chi connectivity index (χ2n) is 4.68. The van der Waals surface area contributed by atoms with E-state index in [1.807, 2.05) is 0 Å². The van der Waals surface area contributed by atoms with Crippen LogP contribution in [-0.2, 0) is 16.1 Å². The number of aromatic nitrogens is 2. The van der Waals surface area contributed by atoms with Gasteiger partial charge in [0.1, 0.15) is 19.3 Å². The van der Waals surface area contributed by atoms with Gasteiger partial charge in [-0.25, -0.2) is 0 Å². The zero-order chi connectivity index (χ0) is 14.9. The van der Waals surface area contributed by atoms with Crippen molar-refractivity contribution in [1.82, 2.24) is 14.5 Å². The lowest BCUT2D eigenvalue weighted by Crippen LogP contribution is -2.39. The second-order valence-corrected chi connectivity index (χ2v) is 4.68. The van der Waals surface area contributed by atoms with E-state index in [0.29, 0.717) is 5.82 Å². The zero-order valence-electron chi connectivity index (χ0n) is 10.9. The van der Waals surface area contributed by atoms with E-state index in [9.17, 15) is 19.7 Å². The van der Waals surface area contributed by atoms with Crippen molar-refractivity contribution < 1.29 is 19.6 Å². The first-order valence-corrected chi connectivity index (χ1v) is 6.08. The number of aryl methyl sites for hydroxylation is 1. The normalized spacial score (nSPS) is 14.1. The Morgan fingerprint density at radius 3 is 2.70 bits per heavy atom. The number of carboxylic acid groups (broad SMARTS) is 1. The maximum Gasteiger partial charge on any atom is 0.381 e. The smallest absolute Gasteiger partial charge is 0.381 e. The fourth-order valence-electron chi connectivity index (χ4n) is 1.93. The molecule has 1 aliphatic rings. The molecule has 0 aliphatic heterocycles. The van der Waals surface area contributed by atoms with E-state index in [1.54, 1.807) is 6.92 Å². The van der Waals surface area contributed by atoms with E-state index in [1.165, 1.54) is 15.7 Å². The van der Waals surface area contributed by atoms with Crippen molar-refractivity contribution >= 4 is 17.7 Å². The van der Waals surface area contributed by atoms with Gasteiger partial charge in [0.05, 0.1) is 0 Å². The number of imidazole rings is 1. The number of aliphatic carboxylic acids is 1. The maximum atomic E-state index is 12.1. The van der Waals surface area contributed by atoms with Gasteiger partial charge in [-0.3, -0.25) is 14.2 Å². The van der Waals surface area contributed by atoms with Gasteiger partial charge in [-0.05, 0) is 22.7 Å². The minimum absolute atomic E-state index is 0.0302. The first kappa shape index (κ1) is 14.0. The molecule has 0 aromatic carbocycles. The fraction of sp³-hybridized carbons (Fsp3) is 0.545. The van der Waals surface area contributed by atoms with Crippen LogP contribution in [0.5, 0.6) is 0 Å². The highest BCUT2D eigenvalue weighted by Gasteiger charge is 2.34. The number of carbonyl (C=O) groups excluding carboxylic acids is 1. The Morgan fingerprint density at radius 1 is 1.60 bits per heavy atom. The van der Waals surface area contributed by atoms with Gasteiger partial charge in [-0.2, -0.15) is 0 Å². The summed E-state index contributed by atoms with van der Waals surface area (Å²) < 4.78 is 1.36. The molecular weight excluding hydrogens is 268 g/mol. The number of hydrogen-bond acceptors (Lipinski definition) is 5. The van der Waals surface area contributed by atoms with Crippen molar-refractivity contribution in [1.29, 1.82) is 0 Å². The molecule has 0 bridgehead atoms. The van der Waals surface area contributed by atoms with Gasteiger partial charge >= 0.3 is 11.8 Å². The molecule has 20 heavy (non-hydrogen) atoms. The van der Waals surface area contributed by atoms with Crippen LogP contribution in [0.4, 0.5) is 5.82 Å². The minimum atomic E-state index is -1.07. The second kappa shape index (κ2) is 5.27. The Balaban J connectivity index is 2.09. The highest BCUT2D eigenvalue weighted by atomic mass is 16.6. The number of amides is 1. The molecule has 9 nitrogen and oxygen atoms in total. The van der Waals surface area contributed by atoms with Crippen molar-refractivity contribution in [2.45, 2.75) is 32.4 Å². The predicted octanol–water partition coefficient (Wildman–Crippen LogP) is 0.175. The van der Waals surface area contributed by atoms with Gasteiger partial charge in [-0.1, -0.05) is 0 Å². The Hall–Kier alpha value is -2.45. The van der Waals surface area contributed by atoms with Crippen LogP contribution in [0.15, 0.2) is 6.20 Å². The minimum Gasteiger partial charge on any atom is -0.480 e. The summed E-state index contributed by atoms with van der Waals surface area (Å²) in [5, 5.41) is 19.4. The lowest BCUT2D eigenvalue weighted by molar-refractivity contribution is -0.389. The predicted molar refractivity (Wildman–Crippen MR) is 66.0 cm³/mol. The van der Waals surface area contributed by atoms with Crippen molar-refractivity contribution in [3.8, 4) is 0 Å². The molecule has 1 heterocycles. The van der Waals surface area contributed by atoms with Crippen LogP contribution in [0.25, 0.3) is 0 Å². The number of carboxylic acids is 1. The summed E-state index contributed by atoms with van der Waals surface area (Å²) in [4.78, 5) is 37.9. The molecular formula is C11H14N4O5. The average molecular weight is 282 g/mol. The lowest BCUT2D eigenvalue weighted by atomic mass is 10.4. The van der Waals surface area contributed by atoms with Gasteiger partial charge in [0, 0.05) is 13.0 Å². The summed E-state index contributed by atoms with van der Waals surface area (Å²) in [6.45, 7) is 1.06. The molecule has 0 saturated heterocycles. The summed E-state index contributed by atoms with van der Waals surface area (Å²) in [7, 11) is 0. The van der Waals surface area contributed by atoms with E-state index >= 15 is 0 Å².